The van der Waals surface area contributed by atoms with E-state index in [4.69, 9.17) is 0 Å². The predicted octanol–water partition coefficient (Wildman–Crippen LogP) is 2.92. The van der Waals surface area contributed by atoms with Crippen molar-refractivity contribution in [3.8, 4) is 0 Å². The summed E-state index contributed by atoms with van der Waals surface area (Å²) < 4.78 is 13.1. The predicted molar refractivity (Wildman–Crippen MR) is 82.4 cm³/mol. The molecule has 1 aromatic carbocycles. The van der Waals surface area contributed by atoms with Gasteiger partial charge in [-0.25, -0.2) is 4.39 Å². The van der Waals surface area contributed by atoms with Crippen molar-refractivity contribution in [1.29, 1.82) is 0 Å². The minimum atomic E-state index is -0.382. The van der Waals surface area contributed by atoms with Gasteiger partial charge in [0, 0.05) is 12.5 Å². The van der Waals surface area contributed by atoms with Gasteiger partial charge in [-0.05, 0) is 42.9 Å². The van der Waals surface area contributed by atoms with E-state index in [2.05, 4.69) is 5.32 Å². The van der Waals surface area contributed by atoms with Crippen LogP contribution in [0.15, 0.2) is 24.3 Å². The highest BCUT2D eigenvalue weighted by atomic mass is 19.1. The summed E-state index contributed by atoms with van der Waals surface area (Å²) in [6.07, 6.45) is 1.55. The number of hydrogen-bond donors (Lipinski definition) is 2. The third-order valence-corrected chi connectivity index (χ3v) is 3.71. The van der Waals surface area contributed by atoms with Crippen LogP contribution < -0.4 is 5.32 Å². The molecule has 2 atom stereocenters. The molecule has 0 aromatic heterocycles. The molecule has 0 aliphatic carbocycles. The van der Waals surface area contributed by atoms with E-state index < -0.39 is 0 Å². The second kappa shape index (κ2) is 8.78. The number of amides is 1. The molecular weight excluding hydrogens is 269 g/mol. The van der Waals surface area contributed by atoms with Gasteiger partial charge in [0.15, 0.2) is 0 Å². The van der Waals surface area contributed by atoms with Crippen LogP contribution in [-0.2, 0) is 11.2 Å². The Morgan fingerprint density at radius 3 is 2.62 bits per heavy atom. The van der Waals surface area contributed by atoms with Gasteiger partial charge in [-0.2, -0.15) is 0 Å². The summed E-state index contributed by atoms with van der Waals surface area (Å²) in [7, 11) is 0. The zero-order chi connectivity index (χ0) is 15.8. The summed E-state index contributed by atoms with van der Waals surface area (Å²) in [5.74, 6) is -0.175. The van der Waals surface area contributed by atoms with Crippen LogP contribution in [-0.4, -0.2) is 23.7 Å². The van der Waals surface area contributed by atoms with Crippen molar-refractivity contribution in [3.63, 3.8) is 0 Å². The normalized spacial score (nSPS) is 14.0. The van der Waals surface area contributed by atoms with Crippen LogP contribution in [0.5, 0.6) is 0 Å². The molecule has 0 fully saturated rings. The molecule has 0 heterocycles. The fourth-order valence-electron chi connectivity index (χ4n) is 2.06. The average molecular weight is 295 g/mol. The summed E-state index contributed by atoms with van der Waals surface area (Å²) >= 11 is 0. The van der Waals surface area contributed by atoms with Gasteiger partial charge in [0.2, 0.25) is 5.91 Å². The Morgan fingerprint density at radius 1 is 1.29 bits per heavy atom. The number of hydrogen-bond acceptors (Lipinski definition) is 2. The maximum Gasteiger partial charge on any atom is 0.222 e. The number of nitrogens with one attached hydrogen (secondary N) is 1. The van der Waals surface area contributed by atoms with Gasteiger partial charge in [0.25, 0.3) is 0 Å². The van der Waals surface area contributed by atoms with E-state index in [0.29, 0.717) is 25.8 Å². The largest absolute Gasteiger partial charge is 0.393 e. The Labute approximate surface area is 126 Å². The smallest absolute Gasteiger partial charge is 0.222 e. The summed E-state index contributed by atoms with van der Waals surface area (Å²) in [6, 6.07) is 6.47. The second-order valence-corrected chi connectivity index (χ2v) is 5.96. The number of aliphatic hydroxyl groups is 1. The molecule has 118 valence electrons. The quantitative estimate of drug-likeness (QED) is 0.774. The third-order valence-electron chi connectivity index (χ3n) is 3.71. The molecule has 4 heteroatoms. The number of carbonyl (C=O) groups excluding carboxylic acids is 1. The summed E-state index contributed by atoms with van der Waals surface area (Å²) in [5, 5.41) is 12.5. The maximum atomic E-state index is 13.1. The van der Waals surface area contributed by atoms with E-state index in [-0.39, 0.29) is 29.7 Å². The van der Waals surface area contributed by atoms with Gasteiger partial charge in [0.05, 0.1) is 6.10 Å². The number of rotatable bonds is 8. The summed E-state index contributed by atoms with van der Waals surface area (Å²) in [5.41, 5.74) is 0.907. The van der Waals surface area contributed by atoms with Crippen LogP contribution in [0.1, 0.15) is 39.2 Å². The summed E-state index contributed by atoms with van der Waals surface area (Å²) in [6.45, 7) is 6.26. The molecule has 0 bridgehead atoms. The Morgan fingerprint density at radius 2 is 2.00 bits per heavy atom. The van der Waals surface area contributed by atoms with Gasteiger partial charge >= 0.3 is 0 Å². The topological polar surface area (TPSA) is 49.3 Å². The minimum absolute atomic E-state index is 0.0117. The van der Waals surface area contributed by atoms with E-state index in [1.54, 1.807) is 6.07 Å². The van der Waals surface area contributed by atoms with Crippen molar-refractivity contribution in [2.45, 2.75) is 46.1 Å². The van der Waals surface area contributed by atoms with E-state index >= 15 is 0 Å². The van der Waals surface area contributed by atoms with Crippen molar-refractivity contribution in [2.24, 2.45) is 11.8 Å². The van der Waals surface area contributed by atoms with Crippen molar-refractivity contribution in [3.05, 3.63) is 35.6 Å². The molecule has 0 saturated carbocycles. The highest BCUT2D eigenvalue weighted by Crippen LogP contribution is 2.11. The molecule has 0 aliphatic heterocycles. The standard InChI is InChI=1S/C17H26FNO2/c1-12(2)16(20)9-10-19-17(21)13(3)7-8-14-5-4-6-15(18)11-14/h4-6,11-13,16,20H,7-10H2,1-3H3,(H,19,21). The Kier molecular flexibility index (Phi) is 7.37. The van der Waals surface area contributed by atoms with Crippen LogP contribution in [0, 0.1) is 17.7 Å². The van der Waals surface area contributed by atoms with Crippen molar-refractivity contribution in [2.75, 3.05) is 6.54 Å². The molecule has 0 aliphatic rings. The summed E-state index contributed by atoms with van der Waals surface area (Å²) in [4.78, 5) is 11.9. The lowest BCUT2D eigenvalue weighted by Gasteiger charge is -2.16. The maximum absolute atomic E-state index is 13.1. The monoisotopic (exact) mass is 295 g/mol. The first-order valence-electron chi connectivity index (χ1n) is 7.60. The second-order valence-electron chi connectivity index (χ2n) is 5.96. The van der Waals surface area contributed by atoms with Crippen LogP contribution in [0.4, 0.5) is 4.39 Å². The lowest BCUT2D eigenvalue weighted by molar-refractivity contribution is -0.124. The molecule has 0 spiro atoms. The Hall–Kier alpha value is -1.42. The molecule has 0 saturated heterocycles. The molecule has 2 unspecified atom stereocenters. The van der Waals surface area contributed by atoms with Gasteiger partial charge in [-0.3, -0.25) is 4.79 Å². The number of aliphatic hydroxyl groups excluding tert-OH is 1. The van der Waals surface area contributed by atoms with E-state index in [1.807, 2.05) is 26.8 Å². The molecule has 1 amide bonds. The Balaban J connectivity index is 2.28. The average Bonchev–Trinajstić information content (AvgIpc) is 2.44. The zero-order valence-electron chi connectivity index (χ0n) is 13.1. The van der Waals surface area contributed by atoms with Crippen LogP contribution in [0.2, 0.25) is 0 Å². The molecule has 21 heavy (non-hydrogen) atoms. The lowest BCUT2D eigenvalue weighted by atomic mass is 10.00. The first kappa shape index (κ1) is 17.6. The SMILES string of the molecule is CC(CCc1cccc(F)c1)C(=O)NCCC(O)C(C)C. The highest BCUT2D eigenvalue weighted by Gasteiger charge is 2.14. The van der Waals surface area contributed by atoms with E-state index in [9.17, 15) is 14.3 Å². The fraction of sp³-hybridized carbons (Fsp3) is 0.588. The van der Waals surface area contributed by atoms with Gasteiger partial charge in [0.1, 0.15) is 5.82 Å². The van der Waals surface area contributed by atoms with Crippen LogP contribution >= 0.6 is 0 Å². The number of benzene rings is 1. The number of aryl methyl sites for hydroxylation is 1. The van der Waals surface area contributed by atoms with E-state index in [0.717, 1.165) is 5.56 Å². The van der Waals surface area contributed by atoms with Gasteiger partial charge < -0.3 is 10.4 Å². The van der Waals surface area contributed by atoms with Gasteiger partial charge in [-0.1, -0.05) is 32.9 Å². The first-order chi connectivity index (χ1) is 9.90. The molecule has 1 rings (SSSR count). The number of halogens is 1. The molecule has 1 aromatic rings. The third kappa shape index (κ3) is 6.71. The minimum Gasteiger partial charge on any atom is -0.393 e. The lowest BCUT2D eigenvalue weighted by Crippen LogP contribution is -2.32. The zero-order valence-corrected chi connectivity index (χ0v) is 13.1. The number of carbonyl (C=O) groups is 1. The van der Waals surface area contributed by atoms with E-state index in [1.165, 1.54) is 12.1 Å². The van der Waals surface area contributed by atoms with Crippen LogP contribution in [0.25, 0.3) is 0 Å². The molecular formula is C17H26FNO2. The fourth-order valence-corrected chi connectivity index (χ4v) is 2.06. The molecule has 2 N–H and O–H groups in total. The Bertz CT molecular complexity index is 448. The first-order valence-corrected chi connectivity index (χ1v) is 7.60. The van der Waals surface area contributed by atoms with Gasteiger partial charge in [-0.15, -0.1) is 0 Å². The van der Waals surface area contributed by atoms with Crippen molar-refractivity contribution < 1.29 is 14.3 Å². The van der Waals surface area contributed by atoms with Crippen molar-refractivity contribution >= 4 is 5.91 Å². The highest BCUT2D eigenvalue weighted by molar-refractivity contribution is 5.78. The van der Waals surface area contributed by atoms with Crippen molar-refractivity contribution in [1.82, 2.24) is 5.32 Å². The molecule has 0 radical (unpaired) electrons. The molecule has 3 nitrogen and oxygen atoms in total. The van der Waals surface area contributed by atoms with Crippen LogP contribution in [0.3, 0.4) is 0 Å².